The summed E-state index contributed by atoms with van der Waals surface area (Å²) in [5, 5.41) is 0. The molecule has 1 aromatic rings. The van der Waals surface area contributed by atoms with Crippen molar-refractivity contribution in [1.82, 2.24) is 0 Å². The average molecular weight is 156 g/mol. The molecule has 0 aliphatic heterocycles. The Hall–Kier alpha value is -0.162. The van der Waals surface area contributed by atoms with Gasteiger partial charge in [0.05, 0.1) is 0 Å². The Balaban J connectivity index is 3.12. The molecule has 0 aromatic carbocycles. The average Bonchev–Trinajstić information content (AvgIpc) is 1.91. The van der Waals surface area contributed by atoms with E-state index in [9.17, 15) is 0 Å². The number of rotatable bonds is 0. The van der Waals surface area contributed by atoms with Crippen molar-refractivity contribution in [2.75, 3.05) is 0 Å². The van der Waals surface area contributed by atoms with Crippen LogP contribution in [0.2, 0.25) is 0 Å². The third-order valence-electron chi connectivity index (χ3n) is 0.835. The van der Waals surface area contributed by atoms with Gasteiger partial charge in [-0.15, -0.1) is 0 Å². The summed E-state index contributed by atoms with van der Waals surface area (Å²) in [6.45, 7) is 2.01. The van der Waals surface area contributed by atoms with Crippen LogP contribution in [0.15, 0.2) is 16.7 Å². The normalized spacial score (nSPS) is 9.43. The second kappa shape index (κ2) is 1.75. The number of hydrogen-bond acceptors (Lipinski definition) is 1. The summed E-state index contributed by atoms with van der Waals surface area (Å²) >= 11 is 2.37. The van der Waals surface area contributed by atoms with Gasteiger partial charge in [-0.1, -0.05) is 0 Å². The van der Waals surface area contributed by atoms with Gasteiger partial charge in [0.2, 0.25) is 0 Å². The van der Waals surface area contributed by atoms with Crippen molar-refractivity contribution in [3.63, 3.8) is 0 Å². The Morgan fingerprint density at radius 1 is 1.71 bits per heavy atom. The quantitative estimate of drug-likeness (QED) is 0.495. The first-order valence-electron chi connectivity index (χ1n) is 2.04. The summed E-state index contributed by atoms with van der Waals surface area (Å²) < 4.78 is 5.89. The molecule has 0 unspecified atom stereocenters. The summed E-state index contributed by atoms with van der Waals surface area (Å²) in [7, 11) is 0. The molecule has 36 valence electrons. The molecule has 0 bridgehead atoms. The summed E-state index contributed by atoms with van der Waals surface area (Å²) in [4.78, 5) is 0. The molecule has 1 aromatic heterocycles. The number of furan rings is 1. The van der Waals surface area contributed by atoms with E-state index in [1.165, 1.54) is 5.56 Å². The SMILES string of the molecule is Cc1ccoc1[As]. The maximum atomic E-state index is 4.94. The molecule has 7 heavy (non-hydrogen) atoms. The van der Waals surface area contributed by atoms with Crippen molar-refractivity contribution in [2.24, 2.45) is 0 Å². The Morgan fingerprint density at radius 3 is 2.57 bits per heavy atom. The zero-order valence-corrected chi connectivity index (χ0v) is 5.89. The monoisotopic (exact) mass is 156 g/mol. The summed E-state index contributed by atoms with van der Waals surface area (Å²) in [6, 6.07) is 1.94. The van der Waals surface area contributed by atoms with Crippen molar-refractivity contribution < 1.29 is 4.42 Å². The molecule has 0 aliphatic carbocycles. The van der Waals surface area contributed by atoms with Crippen LogP contribution in [-0.2, 0) is 0 Å². The van der Waals surface area contributed by atoms with Gasteiger partial charge in [-0.3, -0.25) is 0 Å². The molecule has 0 saturated heterocycles. The third kappa shape index (κ3) is 0.889. The molecule has 2 heteroatoms. The van der Waals surface area contributed by atoms with Crippen LogP contribution >= 0.6 is 0 Å². The topological polar surface area (TPSA) is 13.1 Å². The van der Waals surface area contributed by atoms with Crippen LogP contribution < -0.4 is 4.55 Å². The zero-order chi connectivity index (χ0) is 5.28. The standard InChI is InChI=1S/C5H5AsO/c1-4-2-3-7-5(4)6/h2-3H,1H3. The van der Waals surface area contributed by atoms with Crippen molar-refractivity contribution in [1.29, 1.82) is 0 Å². The van der Waals surface area contributed by atoms with E-state index in [0.29, 0.717) is 0 Å². The molecule has 1 heterocycles. The molecular formula is C5H5AsO. The van der Waals surface area contributed by atoms with Crippen molar-refractivity contribution in [3.8, 4) is 0 Å². The van der Waals surface area contributed by atoms with E-state index in [1.54, 1.807) is 6.26 Å². The molecule has 0 aliphatic rings. The minimum atomic E-state index is 0.951. The molecule has 0 saturated carbocycles. The van der Waals surface area contributed by atoms with Gasteiger partial charge in [0, 0.05) is 0 Å². The Morgan fingerprint density at radius 2 is 2.43 bits per heavy atom. The van der Waals surface area contributed by atoms with Gasteiger partial charge < -0.3 is 0 Å². The Labute approximate surface area is 51.2 Å². The van der Waals surface area contributed by atoms with Gasteiger partial charge in [0.15, 0.2) is 0 Å². The second-order valence-corrected chi connectivity index (χ2v) is 2.26. The summed E-state index contributed by atoms with van der Waals surface area (Å²) in [6.07, 6.45) is 1.68. The Kier molecular flexibility index (Phi) is 1.25. The summed E-state index contributed by atoms with van der Waals surface area (Å²) in [5.41, 5.74) is 1.19. The van der Waals surface area contributed by atoms with E-state index in [0.717, 1.165) is 4.55 Å². The molecule has 2 radical (unpaired) electrons. The predicted octanol–water partition coefficient (Wildman–Crippen LogP) is 0.382. The minimum absolute atomic E-state index is 0.951. The van der Waals surface area contributed by atoms with Crippen LogP contribution in [0.25, 0.3) is 0 Å². The molecule has 0 amide bonds. The molecule has 0 fully saturated rings. The van der Waals surface area contributed by atoms with Crippen LogP contribution in [0, 0.1) is 6.92 Å². The van der Waals surface area contributed by atoms with E-state index in [1.807, 2.05) is 13.0 Å². The van der Waals surface area contributed by atoms with E-state index in [-0.39, 0.29) is 0 Å². The van der Waals surface area contributed by atoms with Gasteiger partial charge in [-0.25, -0.2) is 0 Å². The fraction of sp³-hybridized carbons (Fsp3) is 0.200. The van der Waals surface area contributed by atoms with Crippen molar-refractivity contribution in [2.45, 2.75) is 6.92 Å². The van der Waals surface area contributed by atoms with Gasteiger partial charge in [-0.2, -0.15) is 0 Å². The van der Waals surface area contributed by atoms with Crippen LogP contribution in [0.5, 0.6) is 0 Å². The first-order chi connectivity index (χ1) is 3.30. The third-order valence-corrected chi connectivity index (χ3v) is 1.80. The van der Waals surface area contributed by atoms with E-state index in [2.05, 4.69) is 16.9 Å². The first-order valence-corrected chi connectivity index (χ1v) is 2.97. The van der Waals surface area contributed by atoms with Gasteiger partial charge in [0.1, 0.15) is 0 Å². The van der Waals surface area contributed by atoms with Gasteiger partial charge >= 0.3 is 50.6 Å². The fourth-order valence-corrected chi connectivity index (χ4v) is 0.649. The van der Waals surface area contributed by atoms with Crippen LogP contribution in [0.3, 0.4) is 0 Å². The second-order valence-electron chi connectivity index (χ2n) is 1.41. The van der Waals surface area contributed by atoms with Crippen LogP contribution in [0.4, 0.5) is 0 Å². The first kappa shape index (κ1) is 4.98. The maximum absolute atomic E-state index is 4.94. The van der Waals surface area contributed by atoms with Crippen LogP contribution in [-0.4, -0.2) is 16.9 Å². The van der Waals surface area contributed by atoms with E-state index in [4.69, 9.17) is 4.42 Å². The van der Waals surface area contributed by atoms with Crippen molar-refractivity contribution in [3.05, 3.63) is 17.9 Å². The number of aryl methyl sites for hydroxylation is 1. The van der Waals surface area contributed by atoms with Gasteiger partial charge in [-0.05, 0) is 0 Å². The molecule has 0 spiro atoms. The molecule has 1 nitrogen and oxygen atoms in total. The molecule has 0 N–H and O–H groups in total. The fourth-order valence-electron chi connectivity index (χ4n) is 0.365. The van der Waals surface area contributed by atoms with Crippen LogP contribution in [0.1, 0.15) is 5.56 Å². The Bertz CT molecular complexity index is 140. The summed E-state index contributed by atoms with van der Waals surface area (Å²) in [5.74, 6) is 0. The molecular weight excluding hydrogens is 151 g/mol. The predicted molar refractivity (Wildman–Crippen MR) is 28.8 cm³/mol. The van der Waals surface area contributed by atoms with Gasteiger partial charge in [0.25, 0.3) is 0 Å². The van der Waals surface area contributed by atoms with E-state index >= 15 is 0 Å². The number of hydrogen-bond donors (Lipinski definition) is 0. The van der Waals surface area contributed by atoms with E-state index < -0.39 is 0 Å². The molecule has 1 rings (SSSR count). The zero-order valence-electron chi connectivity index (χ0n) is 4.01. The molecule has 0 atom stereocenters. The van der Waals surface area contributed by atoms with Crippen molar-refractivity contribution >= 4 is 21.4 Å².